The van der Waals surface area contributed by atoms with Gasteiger partial charge >= 0.3 is 6.03 Å². The number of piperazine rings is 1. The Morgan fingerprint density at radius 2 is 1.83 bits per heavy atom. The van der Waals surface area contributed by atoms with Crippen molar-refractivity contribution in [3.63, 3.8) is 0 Å². The number of aryl methyl sites for hydroxylation is 1. The van der Waals surface area contributed by atoms with E-state index in [-0.39, 0.29) is 17.0 Å². The second kappa shape index (κ2) is 7.96. The van der Waals surface area contributed by atoms with Crippen molar-refractivity contribution >= 4 is 50.8 Å². The molecular weight excluding hydrogens is 415 g/mol. The Labute approximate surface area is 176 Å². The molecule has 4 rings (SSSR count). The molecule has 6 nitrogen and oxygen atoms in total. The van der Waals surface area contributed by atoms with Gasteiger partial charge in [0.15, 0.2) is 0 Å². The van der Waals surface area contributed by atoms with Crippen molar-refractivity contribution in [2.45, 2.75) is 6.92 Å². The first-order valence-corrected chi connectivity index (χ1v) is 10.2. The van der Waals surface area contributed by atoms with E-state index >= 15 is 0 Å². The zero-order chi connectivity index (χ0) is 20.5. The molecule has 2 heterocycles. The van der Waals surface area contributed by atoms with Gasteiger partial charge in [0.25, 0.3) is 5.91 Å². The van der Waals surface area contributed by atoms with Crippen LogP contribution in [-0.4, -0.2) is 52.3 Å². The first-order valence-electron chi connectivity index (χ1n) is 9.08. The quantitative estimate of drug-likeness (QED) is 0.653. The van der Waals surface area contributed by atoms with E-state index in [4.69, 9.17) is 11.6 Å². The number of amides is 3. The molecule has 0 radical (unpaired) electrons. The molecule has 1 aliphatic heterocycles. The third-order valence-corrected chi connectivity index (χ3v) is 5.97. The molecule has 0 saturated carbocycles. The summed E-state index contributed by atoms with van der Waals surface area (Å²) >= 11 is 7.06. The number of carbonyl (C=O) groups is 2. The number of rotatable bonds is 2. The van der Waals surface area contributed by atoms with Crippen molar-refractivity contribution in [2.24, 2.45) is 0 Å². The van der Waals surface area contributed by atoms with E-state index in [1.165, 1.54) is 29.7 Å². The summed E-state index contributed by atoms with van der Waals surface area (Å²) in [5.41, 5.74) is 1.96. The molecule has 29 heavy (non-hydrogen) atoms. The average molecular weight is 433 g/mol. The zero-order valence-corrected chi connectivity index (χ0v) is 17.2. The van der Waals surface area contributed by atoms with Crippen LogP contribution in [0.4, 0.5) is 14.9 Å². The molecule has 2 aromatic carbocycles. The molecule has 0 aliphatic carbocycles. The van der Waals surface area contributed by atoms with Crippen LogP contribution in [0.15, 0.2) is 36.4 Å². The highest BCUT2D eigenvalue weighted by Gasteiger charge is 2.27. The molecule has 0 unspecified atom stereocenters. The van der Waals surface area contributed by atoms with E-state index in [1.807, 2.05) is 25.1 Å². The molecule has 1 fully saturated rings. The maximum Gasteiger partial charge on any atom is 0.321 e. The number of hydrogen-bond donors (Lipinski definition) is 1. The highest BCUT2D eigenvalue weighted by molar-refractivity contribution is 7.13. The Balaban J connectivity index is 1.39. The summed E-state index contributed by atoms with van der Waals surface area (Å²) in [5, 5.41) is 3.52. The largest absolute Gasteiger partial charge is 0.334 e. The van der Waals surface area contributed by atoms with Crippen LogP contribution < -0.4 is 5.32 Å². The van der Waals surface area contributed by atoms with Gasteiger partial charge in [-0.15, -0.1) is 0 Å². The van der Waals surface area contributed by atoms with Gasteiger partial charge in [0.2, 0.25) is 0 Å². The van der Waals surface area contributed by atoms with Crippen LogP contribution in [0, 0.1) is 12.7 Å². The van der Waals surface area contributed by atoms with E-state index in [9.17, 15) is 14.0 Å². The summed E-state index contributed by atoms with van der Waals surface area (Å²) < 4.78 is 18.6. The number of halogens is 2. The van der Waals surface area contributed by atoms with E-state index in [2.05, 4.69) is 9.69 Å². The van der Waals surface area contributed by atoms with E-state index < -0.39 is 5.82 Å². The van der Waals surface area contributed by atoms with Gasteiger partial charge in [-0.3, -0.25) is 4.79 Å². The fraction of sp³-hybridized carbons (Fsp3) is 0.250. The van der Waals surface area contributed by atoms with Crippen molar-refractivity contribution in [3.8, 4) is 0 Å². The van der Waals surface area contributed by atoms with Crippen LogP contribution in [-0.2, 0) is 0 Å². The molecule has 3 aromatic rings. The fourth-order valence-corrected chi connectivity index (χ4v) is 4.18. The number of hydrogen-bond acceptors (Lipinski definition) is 4. The van der Waals surface area contributed by atoms with Crippen molar-refractivity contribution in [3.05, 3.63) is 58.5 Å². The molecule has 1 saturated heterocycles. The monoisotopic (exact) mass is 432 g/mol. The van der Waals surface area contributed by atoms with Gasteiger partial charge in [-0.2, -0.15) is 4.37 Å². The van der Waals surface area contributed by atoms with E-state index in [0.717, 1.165) is 15.6 Å². The smallest absolute Gasteiger partial charge is 0.321 e. The highest BCUT2D eigenvalue weighted by Crippen LogP contribution is 2.25. The van der Waals surface area contributed by atoms with Crippen molar-refractivity contribution in [2.75, 3.05) is 31.5 Å². The number of benzene rings is 2. The van der Waals surface area contributed by atoms with Gasteiger partial charge in [0.05, 0.1) is 9.72 Å². The minimum absolute atomic E-state index is 0.0519. The van der Waals surface area contributed by atoms with Gasteiger partial charge in [0.1, 0.15) is 11.5 Å². The van der Waals surface area contributed by atoms with Gasteiger partial charge in [0, 0.05) is 37.3 Å². The zero-order valence-electron chi connectivity index (χ0n) is 15.6. The lowest BCUT2D eigenvalue weighted by Crippen LogP contribution is -2.51. The third-order valence-electron chi connectivity index (χ3n) is 4.85. The van der Waals surface area contributed by atoms with Crippen LogP contribution in [0.1, 0.15) is 16.1 Å². The lowest BCUT2D eigenvalue weighted by Gasteiger charge is -2.34. The van der Waals surface area contributed by atoms with Crippen LogP contribution in [0.25, 0.3) is 10.1 Å². The number of carbonyl (C=O) groups excluding carboxylic acids is 2. The summed E-state index contributed by atoms with van der Waals surface area (Å²) in [6.07, 6.45) is 0. The van der Waals surface area contributed by atoms with E-state index in [1.54, 1.807) is 9.80 Å². The van der Waals surface area contributed by atoms with Crippen LogP contribution in [0.3, 0.4) is 0 Å². The minimum Gasteiger partial charge on any atom is -0.334 e. The first-order chi connectivity index (χ1) is 13.9. The van der Waals surface area contributed by atoms with Gasteiger partial charge in [-0.05, 0) is 48.8 Å². The minimum atomic E-state index is -0.540. The summed E-state index contributed by atoms with van der Waals surface area (Å²) in [7, 11) is 0. The van der Waals surface area contributed by atoms with Gasteiger partial charge in [-0.1, -0.05) is 23.2 Å². The van der Waals surface area contributed by atoms with Crippen LogP contribution in [0.5, 0.6) is 0 Å². The number of urea groups is 1. The molecule has 9 heteroatoms. The lowest BCUT2D eigenvalue weighted by molar-refractivity contribution is 0.0669. The number of aromatic nitrogens is 1. The number of nitrogens with zero attached hydrogens (tertiary/aromatic N) is 3. The fourth-order valence-electron chi connectivity index (χ4n) is 3.25. The Hall–Kier alpha value is -2.71. The third kappa shape index (κ3) is 4.04. The van der Waals surface area contributed by atoms with Crippen LogP contribution in [0.2, 0.25) is 5.02 Å². The highest BCUT2D eigenvalue weighted by atomic mass is 35.5. The molecule has 1 aromatic heterocycles. The predicted octanol–water partition coefficient (Wildman–Crippen LogP) is 4.39. The lowest BCUT2D eigenvalue weighted by atomic mass is 10.1. The SMILES string of the molecule is Cc1ccc2snc(C(=O)N3CCN(C(=O)Nc4ccc(F)c(Cl)c4)CC3)c2c1. The molecule has 3 amide bonds. The van der Waals surface area contributed by atoms with Gasteiger partial charge < -0.3 is 15.1 Å². The summed E-state index contributed by atoms with van der Waals surface area (Å²) in [5.74, 6) is -0.659. The maximum atomic E-state index is 13.2. The standard InChI is InChI=1S/C20H18ClFN4O2S/c1-12-2-5-17-14(10-12)18(24-29-17)19(27)25-6-8-26(9-7-25)20(28)23-13-3-4-16(22)15(21)11-13/h2-5,10-11H,6-9H2,1H3,(H,23,28). The van der Waals surface area contributed by atoms with Crippen molar-refractivity contribution in [1.82, 2.24) is 14.2 Å². The Bertz CT molecular complexity index is 1100. The number of nitrogens with one attached hydrogen (secondary N) is 1. The van der Waals surface area contributed by atoms with Crippen molar-refractivity contribution < 1.29 is 14.0 Å². The summed E-state index contributed by atoms with van der Waals surface area (Å²) in [6, 6.07) is 9.66. The second-order valence-corrected chi connectivity index (χ2v) is 8.08. The molecule has 150 valence electrons. The van der Waals surface area contributed by atoms with E-state index in [0.29, 0.717) is 37.6 Å². The average Bonchev–Trinajstić information content (AvgIpc) is 3.13. The molecular formula is C20H18ClFN4O2S. The normalized spacial score (nSPS) is 14.3. The molecule has 0 bridgehead atoms. The number of anilines is 1. The molecule has 1 aliphatic rings. The Morgan fingerprint density at radius 3 is 2.55 bits per heavy atom. The van der Waals surface area contributed by atoms with Crippen molar-refractivity contribution in [1.29, 1.82) is 0 Å². The Kier molecular flexibility index (Phi) is 5.38. The van der Waals surface area contributed by atoms with Crippen LogP contribution >= 0.6 is 23.1 Å². The predicted molar refractivity (Wildman–Crippen MR) is 112 cm³/mol. The van der Waals surface area contributed by atoms with Gasteiger partial charge in [-0.25, -0.2) is 9.18 Å². The summed E-state index contributed by atoms with van der Waals surface area (Å²) in [4.78, 5) is 28.7. The molecule has 0 spiro atoms. The number of fused-ring (bicyclic) bond motifs is 1. The first kappa shape index (κ1) is 19.6. The topological polar surface area (TPSA) is 65.5 Å². The molecule has 1 N–H and O–H groups in total. The second-order valence-electron chi connectivity index (χ2n) is 6.87. The Morgan fingerprint density at radius 1 is 1.10 bits per heavy atom. The maximum absolute atomic E-state index is 13.2. The summed E-state index contributed by atoms with van der Waals surface area (Å²) in [6.45, 7) is 3.61. The molecule has 0 atom stereocenters.